The number of thiophene rings is 1. The molecule has 0 spiro atoms. The number of rotatable bonds is 2. The van der Waals surface area contributed by atoms with E-state index in [0.29, 0.717) is 0 Å². The van der Waals surface area contributed by atoms with E-state index in [-0.39, 0.29) is 11.8 Å². The Morgan fingerprint density at radius 2 is 2.13 bits per heavy atom. The lowest BCUT2D eigenvalue weighted by atomic mass is 9.78. The van der Waals surface area contributed by atoms with Crippen molar-refractivity contribution in [2.75, 3.05) is 0 Å². The fraction of sp³-hybridized carbons (Fsp3) is 0.545. The molecule has 1 N–H and O–H groups in total. The summed E-state index contributed by atoms with van der Waals surface area (Å²) in [5, 5.41) is 9.17. The van der Waals surface area contributed by atoms with E-state index in [1.165, 1.54) is 4.88 Å². The lowest BCUT2D eigenvalue weighted by molar-refractivity contribution is -0.143. The number of carboxylic acids is 1. The van der Waals surface area contributed by atoms with E-state index in [1.807, 2.05) is 6.07 Å². The summed E-state index contributed by atoms with van der Waals surface area (Å²) in [5.41, 5.74) is 0. The Hall–Kier alpha value is -0.350. The Bertz CT molecular complexity index is 361. The van der Waals surface area contributed by atoms with Crippen LogP contribution in [0.1, 0.15) is 36.5 Å². The minimum absolute atomic E-state index is 0.177. The minimum Gasteiger partial charge on any atom is -0.481 e. The van der Waals surface area contributed by atoms with Crippen LogP contribution in [0.3, 0.4) is 0 Å². The number of carbonyl (C=O) groups is 1. The molecule has 0 bridgehead atoms. The summed E-state index contributed by atoms with van der Waals surface area (Å²) < 4.78 is 1.09. The molecule has 1 fully saturated rings. The summed E-state index contributed by atoms with van der Waals surface area (Å²) in [6.45, 7) is 0. The molecule has 0 aliphatic heterocycles. The van der Waals surface area contributed by atoms with E-state index in [4.69, 9.17) is 5.11 Å². The van der Waals surface area contributed by atoms with Gasteiger partial charge in [0.2, 0.25) is 0 Å². The summed E-state index contributed by atoms with van der Waals surface area (Å²) in [6, 6.07) is 4.06. The van der Waals surface area contributed by atoms with Crippen molar-refractivity contribution in [3.63, 3.8) is 0 Å². The third-order valence-electron chi connectivity index (χ3n) is 3.04. The monoisotopic (exact) mass is 288 g/mol. The Balaban J connectivity index is 2.21. The first kappa shape index (κ1) is 11.1. The van der Waals surface area contributed by atoms with Crippen LogP contribution in [-0.2, 0) is 4.79 Å². The minimum atomic E-state index is -0.635. The van der Waals surface area contributed by atoms with Crippen LogP contribution < -0.4 is 0 Å². The summed E-state index contributed by atoms with van der Waals surface area (Å²) in [4.78, 5) is 12.4. The molecule has 1 saturated carbocycles. The van der Waals surface area contributed by atoms with E-state index < -0.39 is 5.97 Å². The standard InChI is InChI=1S/C11H13BrO2S/c12-10-6-5-9(15-10)7-3-1-2-4-8(7)11(13)14/h5-8H,1-4H2,(H,13,14). The van der Waals surface area contributed by atoms with Gasteiger partial charge in [0.05, 0.1) is 9.70 Å². The van der Waals surface area contributed by atoms with Crippen LogP contribution in [0.15, 0.2) is 15.9 Å². The topological polar surface area (TPSA) is 37.3 Å². The predicted octanol–water partition coefficient (Wildman–Crippen LogP) is 3.87. The molecule has 2 unspecified atom stereocenters. The summed E-state index contributed by atoms with van der Waals surface area (Å²) in [6.07, 6.45) is 4.06. The third kappa shape index (κ3) is 2.42. The van der Waals surface area contributed by atoms with Gasteiger partial charge in [-0.25, -0.2) is 0 Å². The Morgan fingerprint density at radius 1 is 1.40 bits per heavy atom. The molecule has 1 heterocycles. The number of hydrogen-bond donors (Lipinski definition) is 1. The van der Waals surface area contributed by atoms with Crippen LogP contribution in [0.4, 0.5) is 0 Å². The molecule has 1 aromatic heterocycles. The summed E-state index contributed by atoms with van der Waals surface area (Å²) >= 11 is 5.10. The zero-order chi connectivity index (χ0) is 10.8. The van der Waals surface area contributed by atoms with Crippen LogP contribution in [0.25, 0.3) is 0 Å². The molecule has 0 radical (unpaired) electrons. The highest BCUT2D eigenvalue weighted by Gasteiger charge is 2.32. The van der Waals surface area contributed by atoms with Crippen LogP contribution in [-0.4, -0.2) is 11.1 Å². The number of hydrogen-bond acceptors (Lipinski definition) is 2. The van der Waals surface area contributed by atoms with Crippen molar-refractivity contribution in [2.24, 2.45) is 5.92 Å². The molecule has 2 nitrogen and oxygen atoms in total. The molecule has 1 aromatic rings. The summed E-state index contributed by atoms with van der Waals surface area (Å²) in [5.74, 6) is -0.582. The van der Waals surface area contributed by atoms with Crippen molar-refractivity contribution in [3.8, 4) is 0 Å². The van der Waals surface area contributed by atoms with E-state index in [1.54, 1.807) is 11.3 Å². The fourth-order valence-electron chi connectivity index (χ4n) is 2.29. The van der Waals surface area contributed by atoms with Crippen LogP contribution in [0.2, 0.25) is 0 Å². The van der Waals surface area contributed by atoms with Gasteiger partial charge in [-0.3, -0.25) is 4.79 Å². The van der Waals surface area contributed by atoms with E-state index >= 15 is 0 Å². The molecule has 4 heteroatoms. The van der Waals surface area contributed by atoms with Crippen LogP contribution in [0.5, 0.6) is 0 Å². The lowest BCUT2D eigenvalue weighted by Crippen LogP contribution is -2.24. The molecule has 1 aliphatic rings. The van der Waals surface area contributed by atoms with Gasteiger partial charge < -0.3 is 5.11 Å². The molecule has 0 saturated heterocycles. The maximum Gasteiger partial charge on any atom is 0.307 e. The Labute approximate surface area is 101 Å². The zero-order valence-electron chi connectivity index (χ0n) is 8.28. The second-order valence-electron chi connectivity index (χ2n) is 3.98. The van der Waals surface area contributed by atoms with Gasteiger partial charge in [0.25, 0.3) is 0 Å². The molecular weight excluding hydrogens is 276 g/mol. The average Bonchev–Trinajstić information content (AvgIpc) is 2.65. The SMILES string of the molecule is O=C(O)C1CCCCC1c1ccc(Br)s1. The maximum atomic E-state index is 11.1. The molecule has 2 atom stereocenters. The van der Waals surface area contributed by atoms with Crippen molar-refractivity contribution in [1.82, 2.24) is 0 Å². The van der Waals surface area contributed by atoms with Crippen molar-refractivity contribution in [2.45, 2.75) is 31.6 Å². The molecular formula is C11H13BrO2S. The van der Waals surface area contributed by atoms with Crippen molar-refractivity contribution < 1.29 is 9.90 Å². The fourth-order valence-corrected chi connectivity index (χ4v) is 3.92. The quantitative estimate of drug-likeness (QED) is 0.897. The van der Waals surface area contributed by atoms with Gasteiger partial charge in [-0.05, 0) is 40.9 Å². The first-order valence-corrected chi connectivity index (χ1v) is 6.77. The van der Waals surface area contributed by atoms with E-state index in [2.05, 4.69) is 22.0 Å². The lowest BCUT2D eigenvalue weighted by Gasteiger charge is -2.27. The average molecular weight is 289 g/mol. The van der Waals surface area contributed by atoms with Gasteiger partial charge in [-0.2, -0.15) is 0 Å². The number of carboxylic acid groups (broad SMARTS) is 1. The molecule has 0 aromatic carbocycles. The van der Waals surface area contributed by atoms with Crippen molar-refractivity contribution in [3.05, 3.63) is 20.8 Å². The highest BCUT2D eigenvalue weighted by atomic mass is 79.9. The first-order chi connectivity index (χ1) is 7.18. The van der Waals surface area contributed by atoms with Crippen LogP contribution >= 0.6 is 27.3 Å². The number of aliphatic carboxylic acids is 1. The van der Waals surface area contributed by atoms with Gasteiger partial charge in [0.15, 0.2) is 0 Å². The second-order valence-corrected chi connectivity index (χ2v) is 6.47. The summed E-state index contributed by atoms with van der Waals surface area (Å²) in [7, 11) is 0. The van der Waals surface area contributed by atoms with Crippen molar-refractivity contribution >= 4 is 33.2 Å². The second kappa shape index (κ2) is 4.66. The first-order valence-electron chi connectivity index (χ1n) is 5.16. The van der Waals surface area contributed by atoms with Gasteiger partial charge >= 0.3 is 5.97 Å². The highest BCUT2D eigenvalue weighted by Crippen LogP contribution is 2.41. The Morgan fingerprint density at radius 3 is 2.73 bits per heavy atom. The van der Waals surface area contributed by atoms with E-state index in [0.717, 1.165) is 29.5 Å². The van der Waals surface area contributed by atoms with Gasteiger partial charge in [0.1, 0.15) is 0 Å². The molecule has 1 aliphatic carbocycles. The molecule has 15 heavy (non-hydrogen) atoms. The third-order valence-corrected chi connectivity index (χ3v) is 4.80. The largest absolute Gasteiger partial charge is 0.481 e. The number of halogens is 1. The van der Waals surface area contributed by atoms with Gasteiger partial charge in [0, 0.05) is 10.8 Å². The zero-order valence-corrected chi connectivity index (χ0v) is 10.7. The molecule has 82 valence electrons. The van der Waals surface area contributed by atoms with Gasteiger partial charge in [-0.1, -0.05) is 12.8 Å². The smallest absolute Gasteiger partial charge is 0.307 e. The van der Waals surface area contributed by atoms with Crippen LogP contribution in [0, 0.1) is 5.92 Å². The van der Waals surface area contributed by atoms with Crippen molar-refractivity contribution in [1.29, 1.82) is 0 Å². The predicted molar refractivity (Wildman–Crippen MR) is 64.4 cm³/mol. The maximum absolute atomic E-state index is 11.1. The van der Waals surface area contributed by atoms with E-state index in [9.17, 15) is 4.79 Å². The van der Waals surface area contributed by atoms with Gasteiger partial charge in [-0.15, -0.1) is 11.3 Å². The Kier molecular flexibility index (Phi) is 3.46. The normalized spacial score (nSPS) is 26.5. The molecule has 0 amide bonds. The molecule has 2 rings (SSSR count). The highest BCUT2D eigenvalue weighted by molar-refractivity contribution is 9.11.